The lowest BCUT2D eigenvalue weighted by atomic mass is 9.94. The second-order valence-electron chi connectivity index (χ2n) is 10.3. The predicted molar refractivity (Wildman–Crippen MR) is 130 cm³/mol. The van der Waals surface area contributed by atoms with Crippen molar-refractivity contribution in [2.45, 2.75) is 89.8 Å². The number of nitrogens with zero attached hydrogens (tertiary/aromatic N) is 4. The molecule has 0 aromatic carbocycles. The van der Waals surface area contributed by atoms with Gasteiger partial charge in [-0.2, -0.15) is 5.10 Å². The molecule has 3 amide bonds. The van der Waals surface area contributed by atoms with E-state index in [1.807, 2.05) is 13.8 Å². The first-order valence-corrected chi connectivity index (χ1v) is 13.1. The van der Waals surface area contributed by atoms with Gasteiger partial charge in [-0.15, -0.1) is 0 Å². The van der Waals surface area contributed by atoms with Crippen LogP contribution in [0.15, 0.2) is 6.07 Å². The van der Waals surface area contributed by atoms with Crippen molar-refractivity contribution in [1.29, 1.82) is 0 Å². The average Bonchev–Trinajstić information content (AvgIpc) is 3.41. The van der Waals surface area contributed by atoms with E-state index in [1.165, 1.54) is 25.7 Å². The van der Waals surface area contributed by atoms with Crippen molar-refractivity contribution < 1.29 is 14.4 Å². The van der Waals surface area contributed by atoms with Crippen LogP contribution in [0.25, 0.3) is 0 Å². The normalized spacial score (nSPS) is 24.1. The highest BCUT2D eigenvalue weighted by Gasteiger charge is 2.48. The minimum Gasteiger partial charge on any atom is -0.351 e. The fourth-order valence-corrected chi connectivity index (χ4v) is 5.52. The van der Waals surface area contributed by atoms with Gasteiger partial charge in [0, 0.05) is 31.7 Å². The first-order valence-electron chi connectivity index (χ1n) is 13.1. The van der Waals surface area contributed by atoms with Crippen LogP contribution in [0.5, 0.6) is 0 Å². The van der Waals surface area contributed by atoms with Crippen LogP contribution >= 0.6 is 0 Å². The zero-order valence-corrected chi connectivity index (χ0v) is 20.8. The summed E-state index contributed by atoms with van der Waals surface area (Å²) in [6, 6.07) is 1.74. The van der Waals surface area contributed by atoms with Crippen LogP contribution < -0.4 is 10.6 Å². The fourth-order valence-electron chi connectivity index (χ4n) is 5.52. The van der Waals surface area contributed by atoms with Gasteiger partial charge >= 0.3 is 0 Å². The molecule has 0 spiro atoms. The molecule has 1 aromatic heterocycles. The van der Waals surface area contributed by atoms with E-state index in [0.717, 1.165) is 51.7 Å². The van der Waals surface area contributed by atoms with Gasteiger partial charge in [-0.1, -0.05) is 32.6 Å². The summed E-state index contributed by atoms with van der Waals surface area (Å²) in [6.07, 6.45) is 9.95. The number of hydrogen-bond donors (Lipinski definition) is 2. The second kappa shape index (κ2) is 10.9. The molecule has 9 heteroatoms. The van der Waals surface area contributed by atoms with Gasteiger partial charge in [0.2, 0.25) is 5.91 Å². The molecule has 9 nitrogen and oxygen atoms in total. The summed E-state index contributed by atoms with van der Waals surface area (Å²) in [5, 5.41) is 10.6. The summed E-state index contributed by atoms with van der Waals surface area (Å²) >= 11 is 0. The highest BCUT2D eigenvalue weighted by Crippen LogP contribution is 2.29. The lowest BCUT2D eigenvalue weighted by Crippen LogP contribution is -2.65. The number of rotatable bonds is 8. The van der Waals surface area contributed by atoms with E-state index in [0.29, 0.717) is 18.8 Å². The fraction of sp³-hybridized carbons (Fsp3) is 0.760. The van der Waals surface area contributed by atoms with Crippen LogP contribution in [-0.4, -0.2) is 81.6 Å². The van der Waals surface area contributed by atoms with Crippen molar-refractivity contribution in [2.24, 2.45) is 0 Å². The number of aromatic nitrogens is 2. The number of hydrogen-bond acceptors (Lipinski definition) is 5. The lowest BCUT2D eigenvalue weighted by molar-refractivity contribution is -0.133. The molecule has 1 saturated heterocycles. The molecule has 1 unspecified atom stereocenters. The summed E-state index contributed by atoms with van der Waals surface area (Å²) in [5.41, 5.74) is -0.428. The van der Waals surface area contributed by atoms with Crippen LogP contribution in [-0.2, 0) is 11.3 Å². The highest BCUT2D eigenvalue weighted by atomic mass is 16.2. The van der Waals surface area contributed by atoms with Crippen LogP contribution in [0.4, 0.5) is 0 Å². The van der Waals surface area contributed by atoms with Crippen molar-refractivity contribution >= 4 is 17.7 Å². The molecule has 1 aliphatic carbocycles. The van der Waals surface area contributed by atoms with Crippen molar-refractivity contribution in [1.82, 2.24) is 30.2 Å². The maximum absolute atomic E-state index is 13.4. The van der Waals surface area contributed by atoms with E-state index in [9.17, 15) is 14.4 Å². The maximum atomic E-state index is 13.4. The van der Waals surface area contributed by atoms with Gasteiger partial charge in [-0.25, -0.2) is 0 Å². The number of likely N-dealkylation sites (tertiary alicyclic amines) is 1. The molecular weight excluding hydrogens is 432 g/mol. The molecule has 3 aliphatic rings. The van der Waals surface area contributed by atoms with Crippen molar-refractivity contribution in [3.63, 3.8) is 0 Å². The standard InChI is InChI=1S/C25H40N6O3/c1-3-13-30-23(33)21-17-20(22(32)26-12-16-29-14-8-4-5-9-15-29)28-31(21)18-25(30,2)24(34)27-19-10-6-7-11-19/h17,19H,3-16,18H2,1-2H3,(H,26,32)(H,27,34). The smallest absolute Gasteiger partial charge is 0.273 e. The summed E-state index contributed by atoms with van der Waals surface area (Å²) in [4.78, 5) is 43.6. The third-order valence-corrected chi connectivity index (χ3v) is 7.57. The Kier molecular flexibility index (Phi) is 7.91. The molecule has 1 saturated carbocycles. The van der Waals surface area contributed by atoms with Crippen molar-refractivity contribution in [3.8, 4) is 0 Å². The maximum Gasteiger partial charge on any atom is 0.273 e. The molecule has 2 N–H and O–H groups in total. The molecule has 2 fully saturated rings. The van der Waals surface area contributed by atoms with E-state index >= 15 is 0 Å². The van der Waals surface area contributed by atoms with Crippen molar-refractivity contribution in [3.05, 3.63) is 17.5 Å². The summed E-state index contributed by atoms with van der Waals surface area (Å²) in [5.74, 6) is -0.650. The summed E-state index contributed by atoms with van der Waals surface area (Å²) in [6.45, 7) is 8.08. The number of nitrogens with one attached hydrogen (secondary N) is 2. The lowest BCUT2D eigenvalue weighted by Gasteiger charge is -2.43. The van der Waals surface area contributed by atoms with E-state index in [4.69, 9.17) is 0 Å². The van der Waals surface area contributed by atoms with E-state index in [-0.39, 0.29) is 36.0 Å². The van der Waals surface area contributed by atoms with Gasteiger partial charge < -0.3 is 20.4 Å². The molecule has 2 aliphatic heterocycles. The predicted octanol–water partition coefficient (Wildman–Crippen LogP) is 2.17. The van der Waals surface area contributed by atoms with E-state index < -0.39 is 5.54 Å². The molecule has 1 aromatic rings. The quantitative estimate of drug-likeness (QED) is 0.604. The second-order valence-corrected chi connectivity index (χ2v) is 10.3. The Labute approximate surface area is 202 Å². The number of carbonyl (C=O) groups excluding carboxylic acids is 3. The van der Waals surface area contributed by atoms with Crippen LogP contribution in [0.2, 0.25) is 0 Å². The van der Waals surface area contributed by atoms with E-state index in [1.54, 1.807) is 15.6 Å². The Morgan fingerprint density at radius 1 is 1.09 bits per heavy atom. The number of amides is 3. The van der Waals surface area contributed by atoms with Crippen LogP contribution in [0, 0.1) is 0 Å². The Bertz CT molecular complexity index is 885. The zero-order chi connectivity index (χ0) is 24.1. The van der Waals surface area contributed by atoms with Crippen molar-refractivity contribution in [2.75, 3.05) is 32.7 Å². The van der Waals surface area contributed by atoms with Crippen LogP contribution in [0.1, 0.15) is 92.6 Å². The topological polar surface area (TPSA) is 99.6 Å². The van der Waals surface area contributed by atoms with Gasteiger partial charge in [0.05, 0.1) is 6.54 Å². The molecule has 188 valence electrons. The highest BCUT2D eigenvalue weighted by molar-refractivity contribution is 6.01. The van der Waals surface area contributed by atoms with Gasteiger partial charge in [0.25, 0.3) is 11.8 Å². The molecule has 3 heterocycles. The van der Waals surface area contributed by atoms with Gasteiger partial charge in [0.15, 0.2) is 5.69 Å². The zero-order valence-electron chi connectivity index (χ0n) is 20.8. The molecule has 34 heavy (non-hydrogen) atoms. The number of fused-ring (bicyclic) bond motifs is 1. The summed E-state index contributed by atoms with van der Waals surface area (Å²) < 4.78 is 1.55. The third-order valence-electron chi connectivity index (χ3n) is 7.57. The average molecular weight is 473 g/mol. The number of carbonyl (C=O) groups is 3. The Hall–Kier alpha value is -2.42. The Morgan fingerprint density at radius 2 is 1.79 bits per heavy atom. The largest absolute Gasteiger partial charge is 0.351 e. The van der Waals surface area contributed by atoms with Gasteiger partial charge in [-0.3, -0.25) is 19.1 Å². The molecular formula is C25H40N6O3. The van der Waals surface area contributed by atoms with Gasteiger partial charge in [-0.05, 0) is 52.1 Å². The monoisotopic (exact) mass is 472 g/mol. The third kappa shape index (κ3) is 5.29. The Morgan fingerprint density at radius 3 is 2.47 bits per heavy atom. The first kappa shape index (κ1) is 24.7. The minimum absolute atomic E-state index is 0.134. The van der Waals surface area contributed by atoms with Crippen LogP contribution in [0.3, 0.4) is 0 Å². The molecule has 4 rings (SSSR count). The van der Waals surface area contributed by atoms with E-state index in [2.05, 4.69) is 20.6 Å². The first-order chi connectivity index (χ1) is 16.4. The summed E-state index contributed by atoms with van der Waals surface area (Å²) in [7, 11) is 0. The minimum atomic E-state index is -1.03. The molecule has 0 radical (unpaired) electrons. The molecule has 0 bridgehead atoms. The Balaban J connectivity index is 1.44. The van der Waals surface area contributed by atoms with Gasteiger partial charge in [0.1, 0.15) is 11.2 Å². The molecule has 1 atom stereocenters. The SMILES string of the molecule is CCCN1C(=O)c2cc(C(=O)NCCN3CCCCCC3)nn2CC1(C)C(=O)NC1CCCC1.